The van der Waals surface area contributed by atoms with Gasteiger partial charge in [0.1, 0.15) is 6.04 Å². The lowest BCUT2D eigenvalue weighted by molar-refractivity contribution is -0.139. The van der Waals surface area contributed by atoms with Crippen LogP contribution in [0.25, 0.3) is 0 Å². The van der Waals surface area contributed by atoms with Gasteiger partial charge in [-0.2, -0.15) is 0 Å². The van der Waals surface area contributed by atoms with Crippen LogP contribution in [0.1, 0.15) is 11.1 Å². The number of amides is 2. The van der Waals surface area contributed by atoms with E-state index in [2.05, 4.69) is 10.6 Å². The molecule has 0 unspecified atom stereocenters. The molecule has 1 atom stereocenters. The number of carboxylic acid groups (broad SMARTS) is 1. The van der Waals surface area contributed by atoms with Gasteiger partial charge in [0, 0.05) is 13.0 Å². The molecule has 0 aliphatic rings. The van der Waals surface area contributed by atoms with Gasteiger partial charge in [-0.1, -0.05) is 30.3 Å². The summed E-state index contributed by atoms with van der Waals surface area (Å²) in [5, 5.41) is 14.5. The maximum absolute atomic E-state index is 12.2. The minimum Gasteiger partial charge on any atom is -0.493 e. The highest BCUT2D eigenvalue weighted by molar-refractivity contribution is 5.82. The summed E-state index contributed by atoms with van der Waals surface area (Å²) in [6.45, 7) is 0.153. The van der Waals surface area contributed by atoms with Gasteiger partial charge in [0.05, 0.1) is 21.3 Å². The fraction of sp³-hybridized carbons (Fsp3) is 0.300. The fourth-order valence-corrected chi connectivity index (χ4v) is 2.68. The van der Waals surface area contributed by atoms with Crippen LogP contribution in [0.2, 0.25) is 0 Å². The van der Waals surface area contributed by atoms with Crippen LogP contribution in [-0.4, -0.2) is 44.5 Å². The number of hydrogen-bond donors (Lipinski definition) is 3. The zero-order valence-electron chi connectivity index (χ0n) is 16.0. The van der Waals surface area contributed by atoms with Gasteiger partial charge in [-0.3, -0.25) is 0 Å². The predicted octanol–water partition coefficient (Wildman–Crippen LogP) is 2.21. The van der Waals surface area contributed by atoms with Crippen LogP contribution in [0.5, 0.6) is 17.2 Å². The number of rotatable bonds is 9. The highest BCUT2D eigenvalue weighted by Gasteiger charge is 2.20. The molecule has 0 aliphatic heterocycles. The third kappa shape index (κ3) is 5.54. The number of carbonyl (C=O) groups is 2. The Morgan fingerprint density at radius 3 is 2.07 bits per heavy atom. The van der Waals surface area contributed by atoms with Crippen LogP contribution in [0, 0.1) is 0 Å². The van der Waals surface area contributed by atoms with Gasteiger partial charge in [0.15, 0.2) is 11.5 Å². The molecule has 2 aromatic rings. The minimum atomic E-state index is -1.10. The molecule has 3 N–H and O–H groups in total. The fourth-order valence-electron chi connectivity index (χ4n) is 2.68. The number of methoxy groups -OCH3 is 3. The predicted molar refractivity (Wildman–Crippen MR) is 103 cm³/mol. The van der Waals surface area contributed by atoms with Crippen molar-refractivity contribution in [3.05, 3.63) is 53.6 Å². The Labute approximate surface area is 163 Å². The summed E-state index contributed by atoms with van der Waals surface area (Å²) in [5.41, 5.74) is 1.53. The zero-order valence-corrected chi connectivity index (χ0v) is 16.0. The van der Waals surface area contributed by atoms with E-state index < -0.39 is 18.0 Å². The van der Waals surface area contributed by atoms with E-state index in [4.69, 9.17) is 14.2 Å². The quantitative estimate of drug-likeness (QED) is 0.608. The molecule has 28 heavy (non-hydrogen) atoms. The first-order valence-corrected chi connectivity index (χ1v) is 8.58. The second-order valence-corrected chi connectivity index (χ2v) is 5.94. The summed E-state index contributed by atoms with van der Waals surface area (Å²) >= 11 is 0. The highest BCUT2D eigenvalue weighted by Crippen LogP contribution is 2.38. The average molecular weight is 388 g/mol. The molecule has 0 bridgehead atoms. The van der Waals surface area contributed by atoms with Gasteiger partial charge in [-0.25, -0.2) is 9.59 Å². The van der Waals surface area contributed by atoms with Crippen LogP contribution >= 0.6 is 0 Å². The van der Waals surface area contributed by atoms with Crippen molar-refractivity contribution in [1.29, 1.82) is 0 Å². The maximum Gasteiger partial charge on any atom is 0.326 e. The molecule has 0 radical (unpaired) electrons. The first kappa shape index (κ1) is 20.9. The van der Waals surface area contributed by atoms with E-state index in [0.717, 1.165) is 5.56 Å². The van der Waals surface area contributed by atoms with E-state index in [1.54, 1.807) is 12.1 Å². The Balaban J connectivity index is 2.01. The first-order valence-electron chi connectivity index (χ1n) is 8.58. The van der Waals surface area contributed by atoms with Gasteiger partial charge < -0.3 is 30.0 Å². The Hall–Kier alpha value is -3.42. The van der Waals surface area contributed by atoms with Crippen LogP contribution < -0.4 is 24.8 Å². The van der Waals surface area contributed by atoms with Crippen molar-refractivity contribution in [2.75, 3.05) is 21.3 Å². The molecule has 0 aliphatic carbocycles. The van der Waals surface area contributed by atoms with E-state index >= 15 is 0 Å². The largest absolute Gasteiger partial charge is 0.493 e. The van der Waals surface area contributed by atoms with Gasteiger partial charge in [-0.15, -0.1) is 0 Å². The summed E-state index contributed by atoms with van der Waals surface area (Å²) in [4.78, 5) is 23.6. The number of nitrogens with one attached hydrogen (secondary N) is 2. The average Bonchev–Trinajstić information content (AvgIpc) is 2.71. The lowest BCUT2D eigenvalue weighted by Gasteiger charge is -2.17. The number of hydrogen-bond acceptors (Lipinski definition) is 5. The van der Waals surface area contributed by atoms with Crippen LogP contribution in [0.15, 0.2) is 42.5 Å². The van der Waals surface area contributed by atoms with Crippen LogP contribution in [-0.2, 0) is 17.8 Å². The van der Waals surface area contributed by atoms with Crippen molar-refractivity contribution in [3.8, 4) is 17.2 Å². The first-order chi connectivity index (χ1) is 13.5. The summed E-state index contributed by atoms with van der Waals surface area (Å²) in [6, 6.07) is 10.9. The lowest BCUT2D eigenvalue weighted by atomic mass is 10.1. The molecule has 0 aromatic heterocycles. The van der Waals surface area contributed by atoms with Gasteiger partial charge in [0.2, 0.25) is 5.75 Å². The van der Waals surface area contributed by atoms with Crippen molar-refractivity contribution < 1.29 is 28.9 Å². The lowest BCUT2D eigenvalue weighted by Crippen LogP contribution is -2.46. The Bertz CT molecular complexity index is 785. The van der Waals surface area contributed by atoms with Crippen LogP contribution in [0.3, 0.4) is 0 Å². The van der Waals surface area contributed by atoms with Crippen LogP contribution in [0.4, 0.5) is 4.79 Å². The highest BCUT2D eigenvalue weighted by atomic mass is 16.5. The second-order valence-electron chi connectivity index (χ2n) is 5.94. The Morgan fingerprint density at radius 1 is 0.964 bits per heavy atom. The zero-order chi connectivity index (χ0) is 20.5. The van der Waals surface area contributed by atoms with Gasteiger partial charge in [0.25, 0.3) is 0 Å². The number of ether oxygens (including phenoxy) is 3. The summed E-state index contributed by atoms with van der Waals surface area (Å²) in [7, 11) is 4.51. The van der Waals surface area contributed by atoms with E-state index in [1.807, 2.05) is 30.3 Å². The van der Waals surface area contributed by atoms with Crippen molar-refractivity contribution >= 4 is 12.0 Å². The summed E-state index contributed by atoms with van der Waals surface area (Å²) < 4.78 is 15.8. The van der Waals surface area contributed by atoms with Gasteiger partial charge in [-0.05, 0) is 23.3 Å². The van der Waals surface area contributed by atoms with E-state index in [0.29, 0.717) is 22.8 Å². The van der Waals surface area contributed by atoms with E-state index in [9.17, 15) is 14.7 Å². The van der Waals surface area contributed by atoms with Crippen molar-refractivity contribution in [2.24, 2.45) is 0 Å². The van der Waals surface area contributed by atoms with Crippen molar-refractivity contribution in [1.82, 2.24) is 10.6 Å². The molecule has 150 valence electrons. The molecule has 2 amide bonds. The minimum absolute atomic E-state index is 0.153. The molecule has 0 saturated heterocycles. The third-order valence-corrected chi connectivity index (χ3v) is 4.06. The van der Waals surface area contributed by atoms with E-state index in [1.165, 1.54) is 21.3 Å². The molecule has 0 spiro atoms. The summed E-state index contributed by atoms with van der Waals surface area (Å²) in [6.07, 6.45) is 0.188. The molecular weight excluding hydrogens is 364 g/mol. The SMILES string of the molecule is COc1cc(CNC(=O)N[C@@H](Cc2ccccc2)C(=O)O)cc(OC)c1OC. The van der Waals surface area contributed by atoms with E-state index in [-0.39, 0.29) is 13.0 Å². The topological polar surface area (TPSA) is 106 Å². The number of benzene rings is 2. The Kier molecular flexibility index (Phi) is 7.50. The monoisotopic (exact) mass is 388 g/mol. The number of urea groups is 1. The number of carboxylic acids is 1. The summed E-state index contributed by atoms with van der Waals surface area (Å²) in [5.74, 6) is 0.275. The van der Waals surface area contributed by atoms with Crippen molar-refractivity contribution in [2.45, 2.75) is 19.0 Å². The van der Waals surface area contributed by atoms with Crippen molar-refractivity contribution in [3.63, 3.8) is 0 Å². The molecule has 0 heterocycles. The number of carbonyl (C=O) groups excluding carboxylic acids is 1. The number of aliphatic carboxylic acids is 1. The standard InChI is InChI=1S/C20H24N2O6/c1-26-16-10-14(11-17(27-2)18(16)28-3)12-21-20(25)22-15(19(23)24)9-13-7-5-4-6-8-13/h4-8,10-11,15H,9,12H2,1-3H3,(H,23,24)(H2,21,22,25)/t15-/m0/s1. The molecule has 8 nitrogen and oxygen atoms in total. The maximum atomic E-state index is 12.2. The Morgan fingerprint density at radius 2 is 1.57 bits per heavy atom. The molecule has 2 aromatic carbocycles. The molecule has 8 heteroatoms. The second kappa shape index (κ2) is 10.1. The smallest absolute Gasteiger partial charge is 0.326 e. The molecule has 0 fully saturated rings. The molecule has 2 rings (SSSR count). The van der Waals surface area contributed by atoms with Gasteiger partial charge >= 0.3 is 12.0 Å². The third-order valence-electron chi connectivity index (χ3n) is 4.06. The normalized spacial score (nSPS) is 11.2. The molecule has 0 saturated carbocycles. The molecular formula is C20H24N2O6.